The summed E-state index contributed by atoms with van der Waals surface area (Å²) in [5.74, 6) is -0.168. The van der Waals surface area contributed by atoms with Crippen LogP contribution in [0.3, 0.4) is 0 Å². The van der Waals surface area contributed by atoms with Gasteiger partial charge in [0.15, 0.2) is 0 Å². The van der Waals surface area contributed by atoms with E-state index in [1.807, 2.05) is 0 Å². The van der Waals surface area contributed by atoms with Gasteiger partial charge in [-0.2, -0.15) is 0 Å². The van der Waals surface area contributed by atoms with Crippen LogP contribution < -0.4 is 15.4 Å². The molecule has 0 saturated heterocycles. The number of methoxy groups -OCH3 is 1. The Morgan fingerprint density at radius 2 is 2.00 bits per heavy atom. The molecule has 1 heterocycles. The molecule has 2 N–H and O–H groups in total. The molecule has 148 valence electrons. The van der Waals surface area contributed by atoms with Crippen LogP contribution in [0.1, 0.15) is 15.9 Å². The average Bonchev–Trinajstić information content (AvgIpc) is 2.73. The molecule has 0 radical (unpaired) electrons. The molecule has 9 heteroatoms. The van der Waals surface area contributed by atoms with Gasteiger partial charge in [0.25, 0.3) is 11.6 Å². The molecule has 0 spiro atoms. The van der Waals surface area contributed by atoms with E-state index in [1.165, 1.54) is 37.6 Å². The van der Waals surface area contributed by atoms with Gasteiger partial charge >= 0.3 is 0 Å². The Labute approximate surface area is 165 Å². The lowest BCUT2D eigenvalue weighted by Gasteiger charge is -2.09. The number of carbonyl (C=O) groups excluding carboxylic acids is 1. The van der Waals surface area contributed by atoms with Crippen LogP contribution in [0.5, 0.6) is 5.75 Å². The molecule has 0 bridgehead atoms. The van der Waals surface area contributed by atoms with Gasteiger partial charge in [0.1, 0.15) is 22.9 Å². The van der Waals surface area contributed by atoms with Crippen LogP contribution in [0, 0.1) is 15.9 Å². The number of hydrogen-bond donors (Lipinski definition) is 2. The van der Waals surface area contributed by atoms with Crippen LogP contribution in [0.25, 0.3) is 0 Å². The fraction of sp³-hybridized carbons (Fsp3) is 0.100. The molecule has 2 aromatic carbocycles. The molecule has 1 amide bonds. The van der Waals surface area contributed by atoms with E-state index in [9.17, 15) is 19.3 Å². The smallest absolute Gasteiger partial charge is 0.282 e. The Morgan fingerprint density at radius 3 is 2.66 bits per heavy atom. The Bertz CT molecular complexity index is 1040. The van der Waals surface area contributed by atoms with E-state index in [0.29, 0.717) is 22.8 Å². The molecular formula is C20H17FN4O4. The number of amides is 1. The lowest BCUT2D eigenvalue weighted by Crippen LogP contribution is -2.14. The summed E-state index contributed by atoms with van der Waals surface area (Å²) in [6.45, 7) is 0.251. The number of nitro benzene ring substituents is 1. The van der Waals surface area contributed by atoms with E-state index < -0.39 is 10.8 Å². The number of nitro groups is 1. The first kappa shape index (κ1) is 19.7. The van der Waals surface area contributed by atoms with Crippen LogP contribution in [0.2, 0.25) is 0 Å². The summed E-state index contributed by atoms with van der Waals surface area (Å²) in [7, 11) is 1.40. The molecule has 1 aromatic heterocycles. The van der Waals surface area contributed by atoms with Gasteiger partial charge < -0.3 is 15.4 Å². The fourth-order valence-electron chi connectivity index (χ4n) is 2.58. The van der Waals surface area contributed by atoms with Crippen molar-refractivity contribution in [2.24, 2.45) is 0 Å². The molecule has 0 aliphatic heterocycles. The second-order valence-corrected chi connectivity index (χ2v) is 5.97. The van der Waals surface area contributed by atoms with Crippen LogP contribution in [0.15, 0.2) is 60.8 Å². The first-order valence-corrected chi connectivity index (χ1v) is 8.55. The molecule has 29 heavy (non-hydrogen) atoms. The highest BCUT2D eigenvalue weighted by Crippen LogP contribution is 2.25. The highest BCUT2D eigenvalue weighted by molar-refractivity contribution is 6.07. The first-order chi connectivity index (χ1) is 14.0. The number of nitrogens with zero attached hydrogens (tertiary/aromatic N) is 2. The minimum absolute atomic E-state index is 0.129. The number of nitrogens with one attached hydrogen (secondary N) is 2. The number of pyridine rings is 1. The van der Waals surface area contributed by atoms with Crippen molar-refractivity contribution >= 4 is 23.1 Å². The van der Waals surface area contributed by atoms with Gasteiger partial charge in [-0.05, 0) is 30.3 Å². The van der Waals surface area contributed by atoms with E-state index in [2.05, 4.69) is 15.6 Å². The van der Waals surface area contributed by atoms with E-state index in [-0.39, 0.29) is 23.6 Å². The molecule has 0 aliphatic rings. The van der Waals surface area contributed by atoms with Crippen molar-refractivity contribution in [1.82, 2.24) is 4.98 Å². The second-order valence-electron chi connectivity index (χ2n) is 5.97. The van der Waals surface area contributed by atoms with Gasteiger partial charge in [0.2, 0.25) is 0 Å². The number of halogens is 1. The van der Waals surface area contributed by atoms with E-state index in [1.54, 1.807) is 30.3 Å². The fourth-order valence-corrected chi connectivity index (χ4v) is 2.58. The topological polar surface area (TPSA) is 106 Å². The standard InChI is InChI=1S/C20H17FN4O4/c1-29-15-7-8-18(25(27)28)16(10-15)20(26)24-14-6-9-19(23-12-14)22-11-13-4-2-3-5-17(13)21/h2-10,12H,11H2,1H3,(H,22,23)(H,24,26). The minimum Gasteiger partial charge on any atom is -0.497 e. The summed E-state index contributed by atoms with van der Waals surface area (Å²) in [5.41, 5.74) is 0.385. The maximum Gasteiger partial charge on any atom is 0.282 e. The summed E-state index contributed by atoms with van der Waals surface area (Å²) in [5, 5.41) is 16.7. The van der Waals surface area contributed by atoms with Crippen molar-refractivity contribution in [3.63, 3.8) is 0 Å². The summed E-state index contributed by atoms with van der Waals surface area (Å²) >= 11 is 0. The predicted molar refractivity (Wildman–Crippen MR) is 106 cm³/mol. The molecule has 0 saturated carbocycles. The molecule has 8 nitrogen and oxygen atoms in total. The monoisotopic (exact) mass is 396 g/mol. The van der Waals surface area contributed by atoms with Crippen molar-refractivity contribution in [2.45, 2.75) is 6.54 Å². The number of benzene rings is 2. The Morgan fingerprint density at radius 1 is 1.21 bits per heavy atom. The van der Waals surface area contributed by atoms with E-state index in [4.69, 9.17) is 4.74 Å². The largest absolute Gasteiger partial charge is 0.497 e. The van der Waals surface area contributed by atoms with Gasteiger partial charge in [0.05, 0.1) is 23.9 Å². The van der Waals surface area contributed by atoms with Crippen LogP contribution >= 0.6 is 0 Å². The third-order valence-corrected chi connectivity index (χ3v) is 4.08. The van der Waals surface area contributed by atoms with Gasteiger partial charge in [-0.1, -0.05) is 18.2 Å². The second kappa shape index (κ2) is 8.79. The third-order valence-electron chi connectivity index (χ3n) is 4.08. The normalized spacial score (nSPS) is 10.3. The lowest BCUT2D eigenvalue weighted by molar-refractivity contribution is -0.385. The Balaban J connectivity index is 1.69. The number of aromatic nitrogens is 1. The Kier molecular flexibility index (Phi) is 5.98. The van der Waals surface area contributed by atoms with Gasteiger partial charge in [0, 0.05) is 18.2 Å². The summed E-state index contributed by atoms with van der Waals surface area (Å²) < 4.78 is 18.7. The average molecular weight is 396 g/mol. The highest BCUT2D eigenvalue weighted by atomic mass is 19.1. The zero-order valence-corrected chi connectivity index (χ0v) is 15.4. The minimum atomic E-state index is -0.663. The van der Waals surface area contributed by atoms with E-state index in [0.717, 1.165) is 0 Å². The van der Waals surface area contributed by atoms with Crippen molar-refractivity contribution < 1.29 is 18.8 Å². The molecule has 0 fully saturated rings. The van der Waals surface area contributed by atoms with Crippen LogP contribution in [-0.2, 0) is 6.54 Å². The molecule has 3 rings (SSSR count). The first-order valence-electron chi connectivity index (χ1n) is 8.55. The quantitative estimate of drug-likeness (QED) is 0.462. The third kappa shape index (κ3) is 4.83. The maximum absolute atomic E-state index is 13.6. The lowest BCUT2D eigenvalue weighted by atomic mass is 10.1. The summed E-state index contributed by atoms with van der Waals surface area (Å²) in [6, 6.07) is 13.5. The summed E-state index contributed by atoms with van der Waals surface area (Å²) in [6.07, 6.45) is 1.40. The zero-order valence-electron chi connectivity index (χ0n) is 15.4. The maximum atomic E-state index is 13.6. The molecule has 3 aromatic rings. The molecule has 0 atom stereocenters. The van der Waals surface area contributed by atoms with Crippen molar-refractivity contribution in [3.8, 4) is 5.75 Å². The van der Waals surface area contributed by atoms with Gasteiger partial charge in [-0.25, -0.2) is 9.37 Å². The SMILES string of the molecule is COc1ccc([N+](=O)[O-])c(C(=O)Nc2ccc(NCc3ccccc3F)nc2)c1. The summed E-state index contributed by atoms with van der Waals surface area (Å²) in [4.78, 5) is 27.2. The van der Waals surface area contributed by atoms with Crippen molar-refractivity contribution in [1.29, 1.82) is 0 Å². The predicted octanol–water partition coefficient (Wildman–Crippen LogP) is 4.00. The van der Waals surface area contributed by atoms with Gasteiger partial charge in [-0.15, -0.1) is 0 Å². The molecule has 0 aliphatic carbocycles. The molecule has 0 unspecified atom stereocenters. The number of hydrogen-bond acceptors (Lipinski definition) is 6. The molecular weight excluding hydrogens is 379 g/mol. The highest BCUT2D eigenvalue weighted by Gasteiger charge is 2.21. The number of ether oxygens (including phenoxy) is 1. The van der Waals surface area contributed by atoms with Crippen LogP contribution in [-0.4, -0.2) is 22.9 Å². The van der Waals surface area contributed by atoms with Crippen molar-refractivity contribution in [2.75, 3.05) is 17.7 Å². The number of rotatable bonds is 7. The van der Waals surface area contributed by atoms with E-state index >= 15 is 0 Å². The Hall–Kier alpha value is -4.01. The zero-order chi connectivity index (χ0) is 20.8. The number of carbonyl (C=O) groups is 1. The van der Waals surface area contributed by atoms with Gasteiger partial charge in [-0.3, -0.25) is 14.9 Å². The van der Waals surface area contributed by atoms with Crippen molar-refractivity contribution in [3.05, 3.63) is 87.9 Å². The van der Waals surface area contributed by atoms with Crippen LogP contribution in [0.4, 0.5) is 21.6 Å². The number of anilines is 2.